The van der Waals surface area contributed by atoms with Crippen molar-refractivity contribution in [3.05, 3.63) is 29.3 Å². The lowest BCUT2D eigenvalue weighted by molar-refractivity contribution is -0.136. The maximum absolute atomic E-state index is 11.5. The quantitative estimate of drug-likeness (QED) is 0.497. The van der Waals surface area contributed by atoms with Gasteiger partial charge >= 0.3 is 12.1 Å². The predicted octanol–water partition coefficient (Wildman–Crippen LogP) is 1.33. The summed E-state index contributed by atoms with van der Waals surface area (Å²) >= 11 is 0. The number of amides is 1. The lowest BCUT2D eigenvalue weighted by Crippen LogP contribution is -2.34. The predicted molar refractivity (Wildman–Crippen MR) is 89.3 cm³/mol. The minimum atomic E-state index is -1.42. The van der Waals surface area contributed by atoms with Gasteiger partial charge in [-0.2, -0.15) is 0 Å². The van der Waals surface area contributed by atoms with E-state index in [9.17, 15) is 24.9 Å². The van der Waals surface area contributed by atoms with Gasteiger partial charge in [0.25, 0.3) is 0 Å². The fraction of sp³-hybridized carbons (Fsp3) is 0.529. The fourth-order valence-electron chi connectivity index (χ4n) is 2.13. The number of rotatable bonds is 7. The van der Waals surface area contributed by atoms with Gasteiger partial charge in [-0.15, -0.1) is 0 Å². The summed E-state index contributed by atoms with van der Waals surface area (Å²) in [6.45, 7) is 5.22. The van der Waals surface area contributed by atoms with Crippen molar-refractivity contribution in [2.75, 3.05) is 6.54 Å². The topological polar surface area (TPSA) is 136 Å². The summed E-state index contributed by atoms with van der Waals surface area (Å²) < 4.78 is 5.05. The minimum Gasteiger partial charge on any atom is -0.508 e. The maximum Gasteiger partial charge on any atom is 0.407 e. The van der Waals surface area contributed by atoms with Crippen LogP contribution in [0.5, 0.6) is 5.75 Å². The standard InChI is InChI=1S/C17H25NO7/c1-17(2,3)25-16(24)18-7-6-13(20)15(23)11-8-10(9-14(21)22)4-5-12(11)19/h4-5,8,13,15,19-20,23H,6-7,9H2,1-3H3,(H,18,24)(H,21,22). The molecule has 1 aromatic rings. The zero-order valence-corrected chi connectivity index (χ0v) is 14.5. The zero-order valence-electron chi connectivity index (χ0n) is 14.5. The molecule has 0 bridgehead atoms. The van der Waals surface area contributed by atoms with Gasteiger partial charge in [-0.3, -0.25) is 4.79 Å². The molecule has 2 atom stereocenters. The van der Waals surface area contributed by atoms with Crippen LogP contribution in [0.3, 0.4) is 0 Å². The Hall–Kier alpha value is -2.32. The molecule has 1 amide bonds. The van der Waals surface area contributed by atoms with Crippen molar-refractivity contribution in [2.45, 2.75) is 51.4 Å². The summed E-state index contributed by atoms with van der Waals surface area (Å²) in [5.74, 6) is -1.30. The number of aliphatic hydroxyl groups is 2. The van der Waals surface area contributed by atoms with Gasteiger partial charge < -0.3 is 30.5 Å². The summed E-state index contributed by atoms with van der Waals surface area (Å²) in [7, 11) is 0. The van der Waals surface area contributed by atoms with Crippen LogP contribution in [-0.2, 0) is 16.0 Å². The molecule has 8 nitrogen and oxygen atoms in total. The maximum atomic E-state index is 11.5. The minimum absolute atomic E-state index is 0.0169. The van der Waals surface area contributed by atoms with E-state index < -0.39 is 29.9 Å². The lowest BCUT2D eigenvalue weighted by Gasteiger charge is -2.22. The first-order chi connectivity index (χ1) is 11.5. The molecule has 0 heterocycles. The molecule has 0 spiro atoms. The van der Waals surface area contributed by atoms with Crippen molar-refractivity contribution in [3.8, 4) is 5.75 Å². The number of carbonyl (C=O) groups is 2. The summed E-state index contributed by atoms with van der Waals surface area (Å²) in [5, 5.41) is 41.3. The molecule has 0 saturated carbocycles. The molecule has 2 unspecified atom stereocenters. The molecule has 8 heteroatoms. The van der Waals surface area contributed by atoms with Crippen LogP contribution in [-0.4, -0.2) is 50.7 Å². The number of phenols is 1. The largest absolute Gasteiger partial charge is 0.508 e. The number of hydrogen-bond acceptors (Lipinski definition) is 6. The Morgan fingerprint density at radius 2 is 1.88 bits per heavy atom. The van der Waals surface area contributed by atoms with Crippen LogP contribution in [0.15, 0.2) is 18.2 Å². The molecule has 1 aromatic carbocycles. The third-order valence-corrected chi connectivity index (χ3v) is 3.24. The highest BCUT2D eigenvalue weighted by Gasteiger charge is 2.23. The van der Waals surface area contributed by atoms with Crippen molar-refractivity contribution in [3.63, 3.8) is 0 Å². The van der Waals surface area contributed by atoms with Crippen LogP contribution in [0.1, 0.15) is 44.4 Å². The van der Waals surface area contributed by atoms with Crippen molar-refractivity contribution < 1.29 is 34.8 Å². The van der Waals surface area contributed by atoms with Gasteiger partial charge in [0.05, 0.1) is 12.5 Å². The number of alkyl carbamates (subject to hydrolysis) is 1. The number of ether oxygens (including phenoxy) is 1. The Labute approximate surface area is 146 Å². The van der Waals surface area contributed by atoms with Crippen molar-refractivity contribution in [2.24, 2.45) is 0 Å². The van der Waals surface area contributed by atoms with Crippen molar-refractivity contribution in [1.29, 1.82) is 0 Å². The molecule has 25 heavy (non-hydrogen) atoms. The van der Waals surface area contributed by atoms with E-state index in [2.05, 4.69) is 5.32 Å². The van der Waals surface area contributed by atoms with Gasteiger partial charge in [-0.1, -0.05) is 6.07 Å². The van der Waals surface area contributed by atoms with E-state index in [1.54, 1.807) is 20.8 Å². The van der Waals surface area contributed by atoms with Gasteiger partial charge in [-0.05, 0) is 44.9 Å². The third kappa shape index (κ3) is 7.40. The van der Waals surface area contributed by atoms with Crippen molar-refractivity contribution in [1.82, 2.24) is 5.32 Å². The van der Waals surface area contributed by atoms with Gasteiger partial charge in [0.15, 0.2) is 0 Å². The van der Waals surface area contributed by atoms with Gasteiger partial charge in [0.2, 0.25) is 0 Å². The number of aliphatic hydroxyl groups excluding tert-OH is 2. The van der Waals surface area contributed by atoms with Crippen LogP contribution >= 0.6 is 0 Å². The molecule has 0 radical (unpaired) electrons. The first-order valence-electron chi connectivity index (χ1n) is 7.86. The Balaban J connectivity index is 2.62. The van der Waals surface area contributed by atoms with E-state index >= 15 is 0 Å². The van der Waals surface area contributed by atoms with E-state index in [0.717, 1.165) is 0 Å². The number of carboxylic acid groups (broad SMARTS) is 1. The fourth-order valence-corrected chi connectivity index (χ4v) is 2.13. The van der Waals surface area contributed by atoms with E-state index in [4.69, 9.17) is 9.84 Å². The molecule has 0 aliphatic carbocycles. The molecular formula is C17H25NO7. The number of carboxylic acids is 1. The molecule has 0 aliphatic rings. The number of carbonyl (C=O) groups excluding carboxylic acids is 1. The second-order valence-corrected chi connectivity index (χ2v) is 6.69. The molecule has 5 N–H and O–H groups in total. The monoisotopic (exact) mass is 355 g/mol. The summed E-state index contributed by atoms with van der Waals surface area (Å²) in [4.78, 5) is 22.3. The zero-order chi connectivity index (χ0) is 19.2. The average molecular weight is 355 g/mol. The van der Waals surface area contributed by atoms with Gasteiger partial charge in [0, 0.05) is 12.1 Å². The highest BCUT2D eigenvalue weighted by atomic mass is 16.6. The molecule has 140 valence electrons. The molecule has 0 fully saturated rings. The molecule has 0 aliphatic heterocycles. The number of aromatic hydroxyl groups is 1. The Morgan fingerprint density at radius 1 is 1.24 bits per heavy atom. The second kappa shape index (κ2) is 8.68. The van der Waals surface area contributed by atoms with E-state index in [-0.39, 0.29) is 30.7 Å². The van der Waals surface area contributed by atoms with Gasteiger partial charge in [-0.25, -0.2) is 4.79 Å². The van der Waals surface area contributed by atoms with Crippen LogP contribution < -0.4 is 5.32 Å². The van der Waals surface area contributed by atoms with Crippen LogP contribution in [0, 0.1) is 0 Å². The number of hydrogen-bond donors (Lipinski definition) is 5. The lowest BCUT2D eigenvalue weighted by atomic mass is 9.98. The van der Waals surface area contributed by atoms with E-state index in [1.807, 2.05) is 0 Å². The van der Waals surface area contributed by atoms with Gasteiger partial charge in [0.1, 0.15) is 17.5 Å². The Morgan fingerprint density at radius 3 is 2.44 bits per heavy atom. The second-order valence-electron chi connectivity index (χ2n) is 6.69. The smallest absolute Gasteiger partial charge is 0.407 e. The highest BCUT2D eigenvalue weighted by Crippen LogP contribution is 2.28. The van der Waals surface area contributed by atoms with Crippen molar-refractivity contribution >= 4 is 12.1 Å². The molecular weight excluding hydrogens is 330 g/mol. The normalized spacial score (nSPS) is 13.8. The number of nitrogens with one attached hydrogen (secondary N) is 1. The SMILES string of the molecule is CC(C)(C)OC(=O)NCCC(O)C(O)c1cc(CC(=O)O)ccc1O. The summed E-state index contributed by atoms with van der Waals surface area (Å²) in [5.41, 5.74) is -0.222. The first-order valence-corrected chi connectivity index (χ1v) is 7.86. The Bertz CT molecular complexity index is 610. The first kappa shape index (κ1) is 20.7. The number of benzene rings is 1. The van der Waals surface area contributed by atoms with Crippen LogP contribution in [0.4, 0.5) is 4.79 Å². The van der Waals surface area contributed by atoms with E-state index in [0.29, 0.717) is 5.56 Å². The molecule has 0 aromatic heterocycles. The summed E-state index contributed by atoms with van der Waals surface area (Å²) in [6, 6.07) is 4.03. The number of phenolic OH excluding ortho intramolecular Hbond substituents is 1. The van der Waals surface area contributed by atoms with E-state index in [1.165, 1.54) is 18.2 Å². The summed E-state index contributed by atoms with van der Waals surface area (Å²) in [6.07, 6.45) is -3.57. The molecule has 0 saturated heterocycles. The molecule has 1 rings (SSSR count). The highest BCUT2D eigenvalue weighted by molar-refractivity contribution is 5.70. The average Bonchev–Trinajstić information content (AvgIpc) is 2.46. The van der Waals surface area contributed by atoms with Crippen LogP contribution in [0.2, 0.25) is 0 Å². The Kier molecular flexibility index (Phi) is 7.20. The van der Waals surface area contributed by atoms with Crippen LogP contribution in [0.25, 0.3) is 0 Å². The third-order valence-electron chi connectivity index (χ3n) is 3.24. The number of aliphatic carboxylic acids is 1.